The highest BCUT2D eigenvalue weighted by atomic mass is 19.2. The van der Waals surface area contributed by atoms with Crippen molar-refractivity contribution >= 4 is 17.2 Å². The van der Waals surface area contributed by atoms with Crippen LogP contribution < -0.4 is 0 Å². The highest BCUT2D eigenvalue weighted by molar-refractivity contribution is 6.10. The normalized spacial score (nSPS) is 16.5. The van der Waals surface area contributed by atoms with Crippen LogP contribution in [-0.4, -0.2) is 0 Å². The Morgan fingerprint density at radius 2 is 0.769 bits per heavy atom. The molecule has 0 nitrogen and oxygen atoms in total. The minimum Gasteiger partial charge on any atom is -0.203 e. The van der Waals surface area contributed by atoms with Crippen molar-refractivity contribution in [1.29, 1.82) is 0 Å². The van der Waals surface area contributed by atoms with Crippen molar-refractivity contribution in [2.24, 2.45) is 0 Å². The van der Waals surface area contributed by atoms with Crippen LogP contribution in [0.3, 0.4) is 0 Å². The lowest BCUT2D eigenvalue weighted by Crippen LogP contribution is -2.15. The molecular weight excluding hydrogens is 729 g/mol. The number of halogens is 15. The van der Waals surface area contributed by atoms with E-state index in [9.17, 15) is 39.5 Å². The first-order valence-electron chi connectivity index (χ1n) is 14.7. The van der Waals surface area contributed by atoms with Crippen molar-refractivity contribution in [1.82, 2.24) is 0 Å². The molecule has 0 bridgehead atoms. The molecule has 15 heteroatoms. The summed E-state index contributed by atoms with van der Waals surface area (Å²) < 4.78 is 226. The van der Waals surface area contributed by atoms with Crippen LogP contribution in [0.2, 0.25) is 0 Å². The van der Waals surface area contributed by atoms with Gasteiger partial charge in [0.1, 0.15) is 0 Å². The fourth-order valence-corrected chi connectivity index (χ4v) is 7.10. The first kappa shape index (κ1) is 35.0. The lowest BCUT2D eigenvalue weighted by atomic mass is 9.75. The molecule has 0 N–H and O–H groups in total. The van der Waals surface area contributed by atoms with Gasteiger partial charge in [0, 0.05) is 17.4 Å². The molecule has 5 aromatic carbocycles. The van der Waals surface area contributed by atoms with E-state index in [1.54, 1.807) is 0 Å². The standard InChI is InChI=1S/C37H13F15/c1-10-9-11-5-2-3-6-12(11)15(10)17-13-7-4-8-14(18-23(38)29(44)35(50)30(45)24(18)39)16(13)19(21-25(40)31(46)36(51)32(47)26(21)41)20(17)22-27(42)33(48)37(52)34(49)28(22)43/h2-9,15,17H,1H3. The van der Waals surface area contributed by atoms with Gasteiger partial charge in [0.05, 0.1) is 16.7 Å². The van der Waals surface area contributed by atoms with Gasteiger partial charge in [-0.15, -0.1) is 0 Å². The Morgan fingerprint density at radius 3 is 1.27 bits per heavy atom. The molecular formula is C37H13F15. The maximum Gasteiger partial charge on any atom is 0.200 e. The van der Waals surface area contributed by atoms with E-state index < -0.39 is 144 Å². The maximum atomic E-state index is 15.9. The fraction of sp³-hybridized carbons (Fsp3) is 0.0811. The molecule has 0 amide bonds. The summed E-state index contributed by atoms with van der Waals surface area (Å²) in [4.78, 5) is 0. The minimum absolute atomic E-state index is 0.234. The molecule has 0 saturated carbocycles. The van der Waals surface area contributed by atoms with Gasteiger partial charge in [-0.3, -0.25) is 0 Å². The Bertz CT molecular complexity index is 2410. The third-order valence-electron chi connectivity index (χ3n) is 9.22. The summed E-state index contributed by atoms with van der Waals surface area (Å²) >= 11 is 0. The number of hydrogen-bond acceptors (Lipinski definition) is 0. The van der Waals surface area contributed by atoms with Crippen molar-refractivity contribution in [3.8, 4) is 11.1 Å². The van der Waals surface area contributed by atoms with Crippen LogP contribution in [0.15, 0.2) is 48.0 Å². The van der Waals surface area contributed by atoms with Gasteiger partial charge in [-0.25, -0.2) is 65.9 Å². The fourth-order valence-electron chi connectivity index (χ4n) is 7.10. The van der Waals surface area contributed by atoms with E-state index in [0.29, 0.717) is 11.6 Å². The van der Waals surface area contributed by atoms with E-state index in [4.69, 9.17) is 0 Å². The molecule has 0 spiro atoms. The maximum absolute atomic E-state index is 15.9. The SMILES string of the molecule is CC1=Cc2ccccc2C1C1C(c2c(F)c(F)c(F)c(F)c2F)=C(c2c(F)c(F)c(F)c(F)c2F)c2c(-c3c(F)c(F)c(F)c(F)c3F)cccc21. The van der Waals surface area contributed by atoms with Gasteiger partial charge >= 0.3 is 0 Å². The summed E-state index contributed by atoms with van der Waals surface area (Å²) in [5, 5.41) is 0. The predicted molar refractivity (Wildman–Crippen MR) is 156 cm³/mol. The van der Waals surface area contributed by atoms with Crippen LogP contribution in [0.5, 0.6) is 0 Å². The van der Waals surface area contributed by atoms with E-state index >= 15 is 26.3 Å². The Kier molecular flexibility index (Phi) is 8.11. The molecule has 0 heterocycles. The van der Waals surface area contributed by atoms with E-state index in [0.717, 1.165) is 12.1 Å². The number of benzene rings is 5. The highest BCUT2D eigenvalue weighted by Gasteiger charge is 2.47. The molecule has 0 aliphatic heterocycles. The number of fused-ring (bicyclic) bond motifs is 2. The number of allylic oxidation sites excluding steroid dienone is 2. The second kappa shape index (κ2) is 12.1. The van der Waals surface area contributed by atoms with Gasteiger partial charge in [-0.2, -0.15) is 0 Å². The molecule has 2 aliphatic rings. The van der Waals surface area contributed by atoms with Crippen molar-refractivity contribution in [2.75, 3.05) is 0 Å². The molecule has 0 radical (unpaired) electrons. The van der Waals surface area contributed by atoms with Crippen molar-refractivity contribution in [3.05, 3.63) is 169 Å². The largest absolute Gasteiger partial charge is 0.203 e. The summed E-state index contributed by atoms with van der Waals surface area (Å²) in [7, 11) is 0. The Hall–Kier alpha value is -5.47. The molecule has 2 aliphatic carbocycles. The smallest absolute Gasteiger partial charge is 0.200 e. The van der Waals surface area contributed by atoms with Crippen molar-refractivity contribution < 1.29 is 65.9 Å². The van der Waals surface area contributed by atoms with Gasteiger partial charge in [0.2, 0.25) is 17.5 Å². The van der Waals surface area contributed by atoms with Crippen LogP contribution >= 0.6 is 0 Å². The summed E-state index contributed by atoms with van der Waals surface area (Å²) in [5.41, 5.74) is -10.7. The van der Waals surface area contributed by atoms with Crippen LogP contribution in [0.25, 0.3) is 28.3 Å². The van der Waals surface area contributed by atoms with Crippen LogP contribution in [0.4, 0.5) is 65.9 Å². The molecule has 2 atom stereocenters. The van der Waals surface area contributed by atoms with Crippen LogP contribution in [0.1, 0.15) is 52.1 Å². The molecule has 266 valence electrons. The van der Waals surface area contributed by atoms with Crippen LogP contribution in [0, 0.1) is 87.3 Å². The lowest BCUT2D eigenvalue weighted by molar-refractivity contribution is 0.375. The van der Waals surface area contributed by atoms with E-state index in [1.165, 1.54) is 37.3 Å². The third-order valence-corrected chi connectivity index (χ3v) is 9.22. The zero-order valence-electron chi connectivity index (χ0n) is 25.4. The predicted octanol–water partition coefficient (Wildman–Crippen LogP) is 11.7. The third kappa shape index (κ3) is 4.59. The second-order valence-corrected chi connectivity index (χ2v) is 11.9. The summed E-state index contributed by atoms with van der Waals surface area (Å²) in [6, 6.07) is 8.40. The molecule has 0 aromatic heterocycles. The molecule has 5 aromatic rings. The average Bonchev–Trinajstić information content (AvgIpc) is 3.63. The van der Waals surface area contributed by atoms with Crippen molar-refractivity contribution in [2.45, 2.75) is 18.8 Å². The minimum atomic E-state index is -2.75. The molecule has 7 rings (SSSR count). The highest BCUT2D eigenvalue weighted by Crippen LogP contribution is 2.62. The van der Waals surface area contributed by atoms with Gasteiger partial charge in [-0.1, -0.05) is 54.1 Å². The van der Waals surface area contributed by atoms with E-state index in [2.05, 4.69) is 0 Å². The topological polar surface area (TPSA) is 0 Å². The average molecular weight is 742 g/mol. The van der Waals surface area contributed by atoms with Gasteiger partial charge in [0.15, 0.2) is 69.8 Å². The summed E-state index contributed by atoms with van der Waals surface area (Å²) in [6.45, 7) is 1.41. The quantitative estimate of drug-likeness (QED) is 0.0977. The first-order chi connectivity index (χ1) is 24.5. The first-order valence-corrected chi connectivity index (χ1v) is 14.7. The second-order valence-electron chi connectivity index (χ2n) is 11.9. The number of rotatable bonds is 4. The zero-order chi connectivity index (χ0) is 37.8. The van der Waals surface area contributed by atoms with E-state index in [-0.39, 0.29) is 11.1 Å². The van der Waals surface area contributed by atoms with Crippen LogP contribution in [-0.2, 0) is 0 Å². The Labute approximate surface area is 281 Å². The van der Waals surface area contributed by atoms with E-state index in [1.807, 2.05) is 0 Å². The molecule has 2 unspecified atom stereocenters. The van der Waals surface area contributed by atoms with Gasteiger partial charge < -0.3 is 0 Å². The molecule has 52 heavy (non-hydrogen) atoms. The summed E-state index contributed by atoms with van der Waals surface area (Å²) in [6.07, 6.45) is 1.49. The number of hydrogen-bond donors (Lipinski definition) is 0. The summed E-state index contributed by atoms with van der Waals surface area (Å²) in [5.74, 6) is -42.8. The lowest BCUT2D eigenvalue weighted by Gasteiger charge is -2.28. The van der Waals surface area contributed by atoms with Gasteiger partial charge in [0.25, 0.3) is 0 Å². The van der Waals surface area contributed by atoms with Gasteiger partial charge in [-0.05, 0) is 40.3 Å². The molecule has 0 fully saturated rings. The monoisotopic (exact) mass is 742 g/mol. The Morgan fingerprint density at radius 1 is 0.365 bits per heavy atom. The molecule has 0 saturated heterocycles. The zero-order valence-corrected chi connectivity index (χ0v) is 25.4. The Balaban J connectivity index is 1.78. The van der Waals surface area contributed by atoms with Crippen molar-refractivity contribution in [3.63, 3.8) is 0 Å².